The maximum atomic E-state index is 2.31. The van der Waals surface area contributed by atoms with E-state index in [0.717, 1.165) is 0 Å². The first-order valence-corrected chi connectivity index (χ1v) is 9.28. The van der Waals surface area contributed by atoms with Crippen LogP contribution in [-0.4, -0.2) is 0 Å². The lowest BCUT2D eigenvalue weighted by atomic mass is 9.83. The van der Waals surface area contributed by atoms with Gasteiger partial charge in [0.1, 0.15) is 0 Å². The van der Waals surface area contributed by atoms with Gasteiger partial charge in [0.05, 0.1) is 0 Å². The predicted octanol–water partition coefficient (Wildman–Crippen LogP) is 7.33. The van der Waals surface area contributed by atoms with Gasteiger partial charge < -0.3 is 0 Å². The van der Waals surface area contributed by atoms with Crippen molar-refractivity contribution in [2.75, 3.05) is 0 Å². The molecule has 1 heterocycles. The average Bonchev–Trinajstić information content (AvgIpc) is 2.92. The van der Waals surface area contributed by atoms with E-state index in [9.17, 15) is 0 Å². The Morgan fingerprint density at radius 2 is 1.42 bits per heavy atom. The predicted molar refractivity (Wildman–Crippen MR) is 108 cm³/mol. The molecule has 1 heteroatoms. The largest absolute Gasteiger partial charge is 0.135 e. The molecule has 3 aromatic carbocycles. The smallest absolute Gasteiger partial charge is 0.0361 e. The molecule has 0 spiro atoms. The van der Waals surface area contributed by atoms with Gasteiger partial charge in [0.15, 0.2) is 0 Å². The second-order valence-corrected chi connectivity index (χ2v) is 8.66. The van der Waals surface area contributed by atoms with Crippen molar-refractivity contribution in [3.05, 3.63) is 71.8 Å². The molecule has 0 unspecified atom stereocenters. The Morgan fingerprint density at radius 1 is 0.750 bits per heavy atom. The van der Waals surface area contributed by atoms with Crippen LogP contribution in [0.1, 0.15) is 31.9 Å². The fourth-order valence-electron chi connectivity index (χ4n) is 3.54. The van der Waals surface area contributed by atoms with Crippen LogP contribution in [0.2, 0.25) is 0 Å². The third-order valence-electron chi connectivity index (χ3n) is 4.66. The minimum absolute atomic E-state index is 0.132. The van der Waals surface area contributed by atoms with E-state index in [2.05, 4.69) is 88.4 Å². The van der Waals surface area contributed by atoms with Gasteiger partial charge in [-0.2, -0.15) is 0 Å². The van der Waals surface area contributed by atoms with Crippen molar-refractivity contribution in [2.24, 2.45) is 0 Å². The van der Waals surface area contributed by atoms with E-state index in [1.807, 2.05) is 11.3 Å². The summed E-state index contributed by atoms with van der Waals surface area (Å²) in [5, 5.41) is 2.84. The third kappa shape index (κ3) is 2.44. The van der Waals surface area contributed by atoms with E-state index in [4.69, 9.17) is 0 Å². The van der Waals surface area contributed by atoms with Crippen LogP contribution in [0.5, 0.6) is 0 Å². The molecule has 0 fully saturated rings. The van der Waals surface area contributed by atoms with E-state index < -0.39 is 0 Å². The van der Waals surface area contributed by atoms with E-state index >= 15 is 0 Å². The fourth-order valence-corrected chi connectivity index (χ4v) is 4.70. The summed E-state index contributed by atoms with van der Waals surface area (Å²) < 4.78 is 2.76. The van der Waals surface area contributed by atoms with Crippen LogP contribution in [0.3, 0.4) is 0 Å². The first-order valence-electron chi connectivity index (χ1n) is 8.47. The average molecular weight is 330 g/mol. The molecule has 0 radical (unpaired) electrons. The van der Waals surface area contributed by atoms with Crippen LogP contribution < -0.4 is 0 Å². The van der Waals surface area contributed by atoms with Crippen molar-refractivity contribution in [1.29, 1.82) is 0 Å². The minimum atomic E-state index is 0.132. The molecule has 0 N–H and O–H groups in total. The Bertz CT molecular complexity index is 1040. The molecule has 0 aliphatic rings. The summed E-state index contributed by atoms with van der Waals surface area (Å²) in [4.78, 5) is 0. The van der Waals surface area contributed by atoms with Crippen LogP contribution in [-0.2, 0) is 5.41 Å². The fraction of sp³-hybridized carbons (Fsp3) is 0.217. The van der Waals surface area contributed by atoms with Gasteiger partial charge in [-0.3, -0.25) is 0 Å². The lowest BCUT2D eigenvalue weighted by Gasteiger charge is -2.21. The lowest BCUT2D eigenvalue weighted by Crippen LogP contribution is -2.11. The van der Waals surface area contributed by atoms with Crippen LogP contribution in [0.15, 0.2) is 60.7 Å². The molecule has 0 aliphatic heterocycles. The van der Waals surface area contributed by atoms with Gasteiger partial charge in [-0.05, 0) is 41.2 Å². The highest BCUT2D eigenvalue weighted by Crippen LogP contribution is 2.44. The van der Waals surface area contributed by atoms with E-state index in [0.29, 0.717) is 0 Å². The summed E-state index contributed by atoms with van der Waals surface area (Å²) >= 11 is 1.90. The van der Waals surface area contributed by atoms with E-state index in [-0.39, 0.29) is 5.41 Å². The van der Waals surface area contributed by atoms with Gasteiger partial charge in [0.2, 0.25) is 0 Å². The van der Waals surface area contributed by atoms with Crippen molar-refractivity contribution in [2.45, 2.75) is 33.1 Å². The van der Waals surface area contributed by atoms with Gasteiger partial charge in [-0.25, -0.2) is 0 Å². The summed E-state index contributed by atoms with van der Waals surface area (Å²) in [6.45, 7) is 9.08. The van der Waals surface area contributed by atoms with Gasteiger partial charge in [0, 0.05) is 20.2 Å². The first-order chi connectivity index (χ1) is 11.4. The molecule has 0 saturated heterocycles. The Kier molecular flexibility index (Phi) is 3.51. The SMILES string of the molecule is Cc1cccc(-c2cccc3sc4cccc(C(C)(C)C)c4c23)c1. The van der Waals surface area contributed by atoms with Crippen LogP contribution in [0.4, 0.5) is 0 Å². The van der Waals surface area contributed by atoms with Crippen LogP contribution in [0.25, 0.3) is 31.3 Å². The Morgan fingerprint density at radius 3 is 2.12 bits per heavy atom. The van der Waals surface area contributed by atoms with Crippen molar-refractivity contribution in [3.63, 3.8) is 0 Å². The molecule has 24 heavy (non-hydrogen) atoms. The summed E-state index contributed by atoms with van der Waals surface area (Å²) in [5.74, 6) is 0. The number of fused-ring (bicyclic) bond motifs is 3. The van der Waals surface area contributed by atoms with Crippen molar-refractivity contribution in [1.82, 2.24) is 0 Å². The van der Waals surface area contributed by atoms with Crippen LogP contribution >= 0.6 is 11.3 Å². The second-order valence-electron chi connectivity index (χ2n) is 7.58. The van der Waals surface area contributed by atoms with Gasteiger partial charge >= 0.3 is 0 Å². The number of hydrogen-bond donors (Lipinski definition) is 0. The number of aryl methyl sites for hydroxylation is 1. The molecule has 0 atom stereocenters. The topological polar surface area (TPSA) is 0 Å². The monoisotopic (exact) mass is 330 g/mol. The van der Waals surface area contributed by atoms with Gasteiger partial charge in [-0.1, -0.05) is 74.9 Å². The van der Waals surface area contributed by atoms with Crippen LogP contribution in [0, 0.1) is 6.92 Å². The Labute approximate surface area is 147 Å². The normalized spacial score (nSPS) is 12.2. The first kappa shape index (κ1) is 15.4. The van der Waals surface area contributed by atoms with E-state index in [1.165, 1.54) is 42.4 Å². The molecule has 4 aromatic rings. The lowest BCUT2D eigenvalue weighted by molar-refractivity contribution is 0.596. The molecule has 0 saturated carbocycles. The number of hydrogen-bond acceptors (Lipinski definition) is 1. The molecular formula is C23H22S. The highest BCUT2D eigenvalue weighted by atomic mass is 32.1. The molecule has 4 rings (SSSR count). The second kappa shape index (κ2) is 5.46. The highest BCUT2D eigenvalue weighted by Gasteiger charge is 2.21. The molecule has 0 bridgehead atoms. The maximum absolute atomic E-state index is 2.31. The minimum Gasteiger partial charge on any atom is -0.135 e. The standard InChI is InChI=1S/C23H22S/c1-15-8-5-9-16(14-15)17-10-6-12-19-21(17)22-18(23(2,3)4)11-7-13-20(22)24-19/h5-14H,1-4H3. The zero-order valence-electron chi connectivity index (χ0n) is 14.7. The zero-order chi connectivity index (χ0) is 16.9. The third-order valence-corrected chi connectivity index (χ3v) is 5.78. The molecule has 0 nitrogen and oxygen atoms in total. The maximum Gasteiger partial charge on any atom is 0.0361 e. The van der Waals surface area contributed by atoms with Crippen molar-refractivity contribution >= 4 is 31.5 Å². The molecule has 1 aromatic heterocycles. The highest BCUT2D eigenvalue weighted by molar-refractivity contribution is 7.26. The summed E-state index contributed by atoms with van der Waals surface area (Å²) in [6.07, 6.45) is 0. The number of benzene rings is 3. The van der Waals surface area contributed by atoms with Crippen molar-refractivity contribution in [3.8, 4) is 11.1 Å². The molecule has 0 amide bonds. The van der Waals surface area contributed by atoms with E-state index in [1.54, 1.807) is 0 Å². The number of thiophene rings is 1. The quantitative estimate of drug-likeness (QED) is 0.343. The Balaban J connectivity index is 2.17. The summed E-state index contributed by atoms with van der Waals surface area (Å²) in [7, 11) is 0. The van der Waals surface area contributed by atoms with Gasteiger partial charge in [0.25, 0.3) is 0 Å². The number of rotatable bonds is 1. The molecule has 0 aliphatic carbocycles. The molecule has 120 valence electrons. The summed E-state index contributed by atoms with van der Waals surface area (Å²) in [5.41, 5.74) is 5.53. The zero-order valence-corrected chi connectivity index (χ0v) is 15.5. The Hall–Kier alpha value is -2.12. The summed E-state index contributed by atoms with van der Waals surface area (Å²) in [6, 6.07) is 22.3. The van der Waals surface area contributed by atoms with Gasteiger partial charge in [-0.15, -0.1) is 11.3 Å². The molecular weight excluding hydrogens is 308 g/mol. The van der Waals surface area contributed by atoms with Crippen molar-refractivity contribution < 1.29 is 0 Å².